The van der Waals surface area contributed by atoms with Crippen LogP contribution in [0.5, 0.6) is 0 Å². The van der Waals surface area contributed by atoms with Crippen LogP contribution in [0.2, 0.25) is 5.15 Å². The highest BCUT2D eigenvalue weighted by Gasteiger charge is 2.17. The lowest BCUT2D eigenvalue weighted by atomic mass is 9.83. The predicted molar refractivity (Wildman–Crippen MR) is 114 cm³/mol. The fraction of sp³-hybridized carbons (Fsp3) is 0.318. The Hall–Kier alpha value is -2.73. The molecule has 29 heavy (non-hydrogen) atoms. The Labute approximate surface area is 173 Å². The van der Waals surface area contributed by atoms with Crippen molar-refractivity contribution in [3.63, 3.8) is 0 Å². The highest BCUT2D eigenvalue weighted by Crippen LogP contribution is 2.30. The van der Waals surface area contributed by atoms with Gasteiger partial charge in [0.2, 0.25) is 0 Å². The van der Waals surface area contributed by atoms with Gasteiger partial charge in [0.05, 0.1) is 11.2 Å². The van der Waals surface area contributed by atoms with Crippen LogP contribution in [0.1, 0.15) is 31.4 Å². The zero-order valence-electron chi connectivity index (χ0n) is 16.1. The number of urea groups is 1. The van der Waals surface area contributed by atoms with Crippen LogP contribution >= 0.6 is 11.6 Å². The Bertz CT molecular complexity index is 1070. The number of pyridine rings is 2. The number of benzene rings is 1. The summed E-state index contributed by atoms with van der Waals surface area (Å²) in [4.78, 5) is 20.8. The maximum atomic E-state index is 14.3. The second kappa shape index (κ2) is 8.33. The van der Waals surface area contributed by atoms with Crippen molar-refractivity contribution in [2.24, 2.45) is 5.92 Å². The standard InChI is InChI=1S/C22H22ClFN4O/c1-13-17(9-16-12-26-21(23)11-19(16)27-13)15-5-6-18(24)20(10-15)28-22(29)25-8-7-14-3-2-4-14/h5-6,9-12,14H,2-4,7-8H2,1H3,(H2,25,28,29). The van der Waals surface area contributed by atoms with E-state index >= 15 is 0 Å². The Balaban J connectivity index is 1.53. The smallest absolute Gasteiger partial charge is 0.319 e. The lowest BCUT2D eigenvalue weighted by Gasteiger charge is -2.25. The van der Waals surface area contributed by atoms with Crippen LogP contribution in [0.3, 0.4) is 0 Å². The van der Waals surface area contributed by atoms with Crippen LogP contribution in [0.25, 0.3) is 22.0 Å². The second-order valence-electron chi connectivity index (χ2n) is 7.48. The molecule has 150 valence electrons. The van der Waals surface area contributed by atoms with Gasteiger partial charge >= 0.3 is 6.03 Å². The molecule has 2 N–H and O–H groups in total. The zero-order valence-corrected chi connectivity index (χ0v) is 16.9. The van der Waals surface area contributed by atoms with E-state index in [2.05, 4.69) is 20.6 Å². The molecule has 0 spiro atoms. The molecule has 0 aliphatic heterocycles. The summed E-state index contributed by atoms with van der Waals surface area (Å²) < 4.78 is 14.3. The van der Waals surface area contributed by atoms with Crippen LogP contribution in [0.15, 0.2) is 36.5 Å². The van der Waals surface area contributed by atoms with Crippen molar-refractivity contribution in [3.05, 3.63) is 53.2 Å². The lowest BCUT2D eigenvalue weighted by molar-refractivity contribution is 0.247. The molecule has 1 fully saturated rings. The molecule has 5 nitrogen and oxygen atoms in total. The first-order valence-corrected chi connectivity index (χ1v) is 10.1. The normalized spacial score (nSPS) is 13.9. The van der Waals surface area contributed by atoms with E-state index in [1.165, 1.54) is 25.3 Å². The van der Waals surface area contributed by atoms with E-state index in [-0.39, 0.29) is 5.69 Å². The quantitative estimate of drug-likeness (QED) is 0.527. The first-order chi connectivity index (χ1) is 14.0. The van der Waals surface area contributed by atoms with E-state index < -0.39 is 11.8 Å². The van der Waals surface area contributed by atoms with Crippen molar-refractivity contribution >= 4 is 34.2 Å². The molecule has 3 aromatic rings. The van der Waals surface area contributed by atoms with Crippen molar-refractivity contribution in [2.45, 2.75) is 32.6 Å². The number of rotatable bonds is 5. The van der Waals surface area contributed by atoms with Crippen molar-refractivity contribution < 1.29 is 9.18 Å². The van der Waals surface area contributed by atoms with Crippen molar-refractivity contribution in [2.75, 3.05) is 11.9 Å². The number of fused-ring (bicyclic) bond motifs is 1. The predicted octanol–water partition coefficient (Wildman–Crippen LogP) is 5.71. The molecule has 0 saturated heterocycles. The Morgan fingerprint density at radius 1 is 1.28 bits per heavy atom. The summed E-state index contributed by atoms with van der Waals surface area (Å²) in [7, 11) is 0. The van der Waals surface area contributed by atoms with Crippen LogP contribution in [0, 0.1) is 18.7 Å². The molecule has 0 radical (unpaired) electrons. The molecule has 2 amide bonds. The van der Waals surface area contributed by atoms with Crippen LogP contribution < -0.4 is 10.6 Å². The molecule has 1 aliphatic rings. The number of aromatic nitrogens is 2. The maximum absolute atomic E-state index is 14.3. The first kappa shape index (κ1) is 19.6. The minimum absolute atomic E-state index is 0.136. The summed E-state index contributed by atoms with van der Waals surface area (Å²) in [6.45, 7) is 2.48. The number of anilines is 1. The summed E-state index contributed by atoms with van der Waals surface area (Å²) in [6, 6.07) is 7.90. The van der Waals surface area contributed by atoms with Crippen LogP contribution in [0.4, 0.5) is 14.9 Å². The third-order valence-corrected chi connectivity index (χ3v) is 5.65. The molecule has 0 bridgehead atoms. The fourth-order valence-electron chi connectivity index (χ4n) is 3.56. The Kier molecular flexibility index (Phi) is 5.62. The van der Waals surface area contributed by atoms with Gasteiger partial charge in [0.25, 0.3) is 0 Å². The maximum Gasteiger partial charge on any atom is 0.319 e. The molecule has 2 aromatic heterocycles. The van der Waals surface area contributed by atoms with Crippen molar-refractivity contribution in [1.29, 1.82) is 0 Å². The lowest BCUT2D eigenvalue weighted by Crippen LogP contribution is -2.31. The molecule has 0 unspecified atom stereocenters. The van der Waals surface area contributed by atoms with Gasteiger partial charge in [-0.25, -0.2) is 14.2 Å². The average molecular weight is 413 g/mol. The van der Waals surface area contributed by atoms with E-state index in [1.807, 2.05) is 13.0 Å². The van der Waals surface area contributed by atoms with E-state index in [0.717, 1.165) is 34.1 Å². The van der Waals surface area contributed by atoms with Gasteiger partial charge < -0.3 is 10.6 Å². The highest BCUT2D eigenvalue weighted by molar-refractivity contribution is 6.30. The van der Waals surface area contributed by atoms with E-state index in [4.69, 9.17) is 11.6 Å². The molecule has 4 rings (SSSR count). The van der Waals surface area contributed by atoms with Gasteiger partial charge in [0.1, 0.15) is 11.0 Å². The minimum atomic E-state index is -0.484. The second-order valence-corrected chi connectivity index (χ2v) is 7.87. The van der Waals surface area contributed by atoms with Gasteiger partial charge in [0.15, 0.2) is 0 Å². The Morgan fingerprint density at radius 3 is 2.86 bits per heavy atom. The molecular formula is C22H22ClFN4O. The monoisotopic (exact) mass is 412 g/mol. The molecule has 1 saturated carbocycles. The molecule has 7 heteroatoms. The van der Waals surface area contributed by atoms with Crippen LogP contribution in [-0.4, -0.2) is 22.5 Å². The molecular weight excluding hydrogens is 391 g/mol. The third kappa shape index (κ3) is 4.48. The summed E-state index contributed by atoms with van der Waals surface area (Å²) >= 11 is 5.94. The molecule has 0 atom stereocenters. The summed E-state index contributed by atoms with van der Waals surface area (Å²) in [5, 5.41) is 6.65. The van der Waals surface area contributed by atoms with Gasteiger partial charge in [-0.05, 0) is 43.0 Å². The number of hydrogen-bond acceptors (Lipinski definition) is 3. The summed E-state index contributed by atoms with van der Waals surface area (Å²) in [5.41, 5.74) is 3.27. The van der Waals surface area contributed by atoms with Crippen molar-refractivity contribution in [3.8, 4) is 11.1 Å². The number of hydrogen-bond donors (Lipinski definition) is 2. The topological polar surface area (TPSA) is 66.9 Å². The largest absolute Gasteiger partial charge is 0.338 e. The molecule has 1 aliphatic carbocycles. The van der Waals surface area contributed by atoms with E-state index in [0.29, 0.717) is 17.6 Å². The first-order valence-electron chi connectivity index (χ1n) is 9.77. The average Bonchev–Trinajstić information content (AvgIpc) is 2.65. The highest BCUT2D eigenvalue weighted by atomic mass is 35.5. The number of halogens is 2. The summed E-state index contributed by atoms with van der Waals surface area (Å²) in [6.07, 6.45) is 6.38. The third-order valence-electron chi connectivity index (χ3n) is 5.44. The van der Waals surface area contributed by atoms with Gasteiger partial charge in [-0.2, -0.15) is 0 Å². The number of nitrogens with one attached hydrogen (secondary N) is 2. The number of aryl methyl sites for hydroxylation is 1. The SMILES string of the molecule is Cc1nc2cc(Cl)ncc2cc1-c1ccc(F)c(NC(=O)NCCC2CCC2)c1. The molecule has 2 heterocycles. The van der Waals surface area contributed by atoms with Gasteiger partial charge in [-0.15, -0.1) is 0 Å². The van der Waals surface area contributed by atoms with Crippen LogP contribution in [-0.2, 0) is 0 Å². The number of carbonyl (C=O) groups excluding carboxylic acids is 1. The van der Waals surface area contributed by atoms with Gasteiger partial charge in [-0.3, -0.25) is 4.98 Å². The molecule has 1 aromatic carbocycles. The summed E-state index contributed by atoms with van der Waals surface area (Å²) in [5.74, 6) is 0.228. The zero-order chi connectivity index (χ0) is 20.4. The van der Waals surface area contributed by atoms with Crippen molar-refractivity contribution in [1.82, 2.24) is 15.3 Å². The van der Waals surface area contributed by atoms with E-state index in [9.17, 15) is 9.18 Å². The van der Waals surface area contributed by atoms with Gasteiger partial charge in [0, 0.05) is 35.5 Å². The fourth-order valence-corrected chi connectivity index (χ4v) is 3.71. The number of nitrogens with zero attached hydrogens (tertiary/aromatic N) is 2. The van der Waals surface area contributed by atoms with E-state index in [1.54, 1.807) is 24.4 Å². The number of carbonyl (C=O) groups is 1. The minimum Gasteiger partial charge on any atom is -0.338 e. The Morgan fingerprint density at radius 2 is 2.10 bits per heavy atom. The number of amides is 2. The van der Waals surface area contributed by atoms with Gasteiger partial charge in [-0.1, -0.05) is 36.9 Å².